The lowest BCUT2D eigenvalue weighted by molar-refractivity contribution is 0.102. The molecule has 2 aromatic rings. The molecule has 0 aliphatic heterocycles. The van der Waals surface area contributed by atoms with Crippen LogP contribution in [0.5, 0.6) is 11.5 Å². The number of carbonyl (C=O) groups is 1. The highest BCUT2D eigenvalue weighted by atomic mass is 16.5. The van der Waals surface area contributed by atoms with Gasteiger partial charge in [0.05, 0.1) is 25.1 Å². The number of rotatable bonds is 8. The van der Waals surface area contributed by atoms with Crippen LogP contribution >= 0.6 is 0 Å². The number of aryl methyl sites for hydroxylation is 1. The van der Waals surface area contributed by atoms with E-state index in [1.165, 1.54) is 6.20 Å². The van der Waals surface area contributed by atoms with E-state index >= 15 is 0 Å². The zero-order chi connectivity index (χ0) is 17.4. The van der Waals surface area contributed by atoms with Gasteiger partial charge in [-0.25, -0.2) is 4.98 Å². The van der Waals surface area contributed by atoms with Crippen LogP contribution in [0.3, 0.4) is 0 Å². The predicted molar refractivity (Wildman–Crippen MR) is 92.7 cm³/mol. The van der Waals surface area contributed by atoms with Crippen molar-refractivity contribution >= 4 is 11.6 Å². The number of hydrogen-bond donors (Lipinski definition) is 1. The Kier molecular flexibility index (Phi) is 6.54. The number of nitrogens with zero attached hydrogens (tertiary/aromatic N) is 2. The number of hydrogen-bond acceptors (Lipinski definition) is 5. The smallest absolute Gasteiger partial charge is 0.275 e. The van der Waals surface area contributed by atoms with Crippen LogP contribution < -0.4 is 14.8 Å². The number of carbonyl (C=O) groups excluding carboxylic acids is 1. The van der Waals surface area contributed by atoms with E-state index in [2.05, 4.69) is 15.3 Å². The van der Waals surface area contributed by atoms with E-state index in [0.717, 1.165) is 18.5 Å². The van der Waals surface area contributed by atoms with Gasteiger partial charge in [0.2, 0.25) is 0 Å². The third-order valence-corrected chi connectivity index (χ3v) is 3.14. The fourth-order valence-electron chi connectivity index (χ4n) is 1.95. The molecule has 0 spiro atoms. The quantitative estimate of drug-likeness (QED) is 0.801. The maximum absolute atomic E-state index is 12.2. The summed E-state index contributed by atoms with van der Waals surface area (Å²) in [5.41, 5.74) is 1.65. The summed E-state index contributed by atoms with van der Waals surface area (Å²) in [6.45, 7) is 7.11. The largest absolute Gasteiger partial charge is 0.490 e. The minimum absolute atomic E-state index is 0.267. The molecule has 0 atom stereocenters. The summed E-state index contributed by atoms with van der Waals surface area (Å²) in [6, 6.07) is 5.35. The first-order valence-electron chi connectivity index (χ1n) is 8.13. The third kappa shape index (κ3) is 4.94. The topological polar surface area (TPSA) is 73.3 Å². The molecule has 1 aromatic carbocycles. The molecule has 0 unspecified atom stereocenters. The molecule has 0 saturated heterocycles. The maximum Gasteiger partial charge on any atom is 0.275 e. The second-order valence-electron chi connectivity index (χ2n) is 5.36. The Morgan fingerprint density at radius 1 is 1.04 bits per heavy atom. The number of aromatic nitrogens is 2. The molecule has 1 aromatic heterocycles. The van der Waals surface area contributed by atoms with Crippen LogP contribution in [0.15, 0.2) is 30.6 Å². The van der Waals surface area contributed by atoms with Gasteiger partial charge in [0.1, 0.15) is 5.69 Å². The van der Waals surface area contributed by atoms with E-state index in [4.69, 9.17) is 9.47 Å². The van der Waals surface area contributed by atoms with Crippen LogP contribution in [-0.2, 0) is 0 Å². The van der Waals surface area contributed by atoms with Crippen LogP contribution in [0.4, 0.5) is 5.69 Å². The predicted octanol–water partition coefficient (Wildman–Crippen LogP) is 3.61. The van der Waals surface area contributed by atoms with Crippen LogP contribution in [0, 0.1) is 6.92 Å². The monoisotopic (exact) mass is 329 g/mol. The summed E-state index contributed by atoms with van der Waals surface area (Å²) in [4.78, 5) is 20.4. The van der Waals surface area contributed by atoms with E-state index < -0.39 is 0 Å². The summed E-state index contributed by atoms with van der Waals surface area (Å²) < 4.78 is 11.4. The molecule has 0 radical (unpaired) electrons. The van der Waals surface area contributed by atoms with Crippen molar-refractivity contribution in [2.75, 3.05) is 18.5 Å². The highest BCUT2D eigenvalue weighted by Gasteiger charge is 2.11. The van der Waals surface area contributed by atoms with Gasteiger partial charge in [0.25, 0.3) is 5.91 Å². The van der Waals surface area contributed by atoms with E-state index in [1.807, 2.05) is 20.8 Å². The summed E-state index contributed by atoms with van der Waals surface area (Å²) >= 11 is 0. The molecule has 1 heterocycles. The molecule has 0 bridgehead atoms. The Morgan fingerprint density at radius 3 is 2.38 bits per heavy atom. The first kappa shape index (κ1) is 17.7. The Hall–Kier alpha value is -2.63. The van der Waals surface area contributed by atoms with E-state index in [-0.39, 0.29) is 11.6 Å². The first-order valence-corrected chi connectivity index (χ1v) is 8.13. The van der Waals surface area contributed by atoms with Crippen LogP contribution in [0.25, 0.3) is 0 Å². The summed E-state index contributed by atoms with van der Waals surface area (Å²) in [5.74, 6) is 0.989. The van der Waals surface area contributed by atoms with Crippen LogP contribution in [0.2, 0.25) is 0 Å². The minimum atomic E-state index is -0.314. The summed E-state index contributed by atoms with van der Waals surface area (Å²) in [5, 5.41) is 2.80. The Balaban J connectivity index is 2.14. The molecule has 24 heavy (non-hydrogen) atoms. The van der Waals surface area contributed by atoms with Gasteiger partial charge in [0, 0.05) is 18.0 Å². The Bertz CT molecular complexity index is 672. The maximum atomic E-state index is 12.2. The highest BCUT2D eigenvalue weighted by molar-refractivity contribution is 6.02. The molecule has 1 N–H and O–H groups in total. The average molecular weight is 329 g/mol. The molecular formula is C18H23N3O3. The average Bonchev–Trinajstić information content (AvgIpc) is 2.59. The molecule has 6 nitrogen and oxygen atoms in total. The van der Waals surface area contributed by atoms with Crippen molar-refractivity contribution in [1.29, 1.82) is 0 Å². The Labute approximate surface area is 142 Å². The lowest BCUT2D eigenvalue weighted by Crippen LogP contribution is -2.14. The molecule has 0 aliphatic carbocycles. The SMILES string of the molecule is CCCOc1ccc(NC(=O)c2cnc(C)cn2)cc1OCCC. The molecular weight excluding hydrogens is 306 g/mol. The van der Waals surface area contributed by atoms with E-state index in [0.29, 0.717) is 30.4 Å². The van der Waals surface area contributed by atoms with Gasteiger partial charge in [-0.05, 0) is 31.9 Å². The normalized spacial score (nSPS) is 10.3. The van der Waals surface area contributed by atoms with Gasteiger partial charge in [-0.1, -0.05) is 13.8 Å². The Morgan fingerprint density at radius 2 is 1.75 bits per heavy atom. The standard InChI is InChI=1S/C18H23N3O3/c1-4-8-23-16-7-6-14(10-17(16)24-9-5-2)21-18(22)15-12-19-13(3)11-20-15/h6-7,10-12H,4-5,8-9H2,1-3H3,(H,21,22). The van der Waals surface area contributed by atoms with Crippen molar-refractivity contribution < 1.29 is 14.3 Å². The lowest BCUT2D eigenvalue weighted by Gasteiger charge is -2.14. The first-order chi connectivity index (χ1) is 11.6. The summed E-state index contributed by atoms with van der Waals surface area (Å²) in [7, 11) is 0. The molecule has 0 fully saturated rings. The zero-order valence-electron chi connectivity index (χ0n) is 14.3. The second-order valence-corrected chi connectivity index (χ2v) is 5.36. The fourth-order valence-corrected chi connectivity index (χ4v) is 1.95. The number of amides is 1. The number of benzene rings is 1. The number of ether oxygens (including phenoxy) is 2. The van der Waals surface area contributed by atoms with E-state index in [1.54, 1.807) is 24.4 Å². The van der Waals surface area contributed by atoms with Crippen LogP contribution in [-0.4, -0.2) is 29.1 Å². The lowest BCUT2D eigenvalue weighted by atomic mass is 10.2. The van der Waals surface area contributed by atoms with Crippen molar-refractivity contribution in [3.63, 3.8) is 0 Å². The van der Waals surface area contributed by atoms with E-state index in [9.17, 15) is 4.79 Å². The van der Waals surface area contributed by atoms with Gasteiger partial charge in [-0.15, -0.1) is 0 Å². The molecule has 6 heteroatoms. The molecule has 128 valence electrons. The molecule has 0 saturated carbocycles. The molecule has 2 rings (SSSR count). The van der Waals surface area contributed by atoms with Crippen molar-refractivity contribution in [3.05, 3.63) is 42.0 Å². The van der Waals surface area contributed by atoms with Crippen molar-refractivity contribution in [3.8, 4) is 11.5 Å². The zero-order valence-corrected chi connectivity index (χ0v) is 14.3. The highest BCUT2D eigenvalue weighted by Crippen LogP contribution is 2.31. The van der Waals surface area contributed by atoms with Crippen molar-refractivity contribution in [2.24, 2.45) is 0 Å². The van der Waals surface area contributed by atoms with Gasteiger partial charge in [-0.3, -0.25) is 9.78 Å². The molecule has 0 aliphatic rings. The van der Waals surface area contributed by atoms with Crippen molar-refractivity contribution in [1.82, 2.24) is 9.97 Å². The summed E-state index contributed by atoms with van der Waals surface area (Å²) in [6.07, 6.45) is 4.82. The van der Waals surface area contributed by atoms with Crippen molar-refractivity contribution in [2.45, 2.75) is 33.6 Å². The number of nitrogens with one attached hydrogen (secondary N) is 1. The van der Waals surface area contributed by atoms with Crippen LogP contribution in [0.1, 0.15) is 42.9 Å². The molecule has 1 amide bonds. The fraction of sp³-hybridized carbons (Fsp3) is 0.389. The minimum Gasteiger partial charge on any atom is -0.490 e. The van der Waals surface area contributed by atoms with Gasteiger partial charge < -0.3 is 14.8 Å². The second kappa shape index (κ2) is 8.86. The number of anilines is 1. The van der Waals surface area contributed by atoms with Gasteiger partial charge >= 0.3 is 0 Å². The third-order valence-electron chi connectivity index (χ3n) is 3.14. The van der Waals surface area contributed by atoms with Gasteiger partial charge in [0.15, 0.2) is 11.5 Å². The van der Waals surface area contributed by atoms with Gasteiger partial charge in [-0.2, -0.15) is 0 Å².